The van der Waals surface area contributed by atoms with Crippen molar-refractivity contribution in [2.75, 3.05) is 5.32 Å². The summed E-state index contributed by atoms with van der Waals surface area (Å²) in [5.41, 5.74) is 3.90. The molecule has 0 aliphatic rings. The van der Waals surface area contributed by atoms with Gasteiger partial charge in [-0.2, -0.15) is 10.2 Å². The number of carbonyl (C=O) groups excluding carboxylic acids is 1. The molecule has 0 unspecified atom stereocenters. The minimum Gasteiger partial charge on any atom is -0.463 e. The quantitative estimate of drug-likeness (QED) is 0.578. The van der Waals surface area contributed by atoms with Gasteiger partial charge in [-0.25, -0.2) is 0 Å². The van der Waals surface area contributed by atoms with Crippen LogP contribution in [0.15, 0.2) is 65.5 Å². The van der Waals surface area contributed by atoms with Crippen LogP contribution in [0.4, 0.5) is 5.69 Å². The van der Waals surface area contributed by atoms with Gasteiger partial charge in [0.05, 0.1) is 24.7 Å². The van der Waals surface area contributed by atoms with E-state index in [1.54, 1.807) is 41.5 Å². The van der Waals surface area contributed by atoms with E-state index in [2.05, 4.69) is 39.7 Å². The Morgan fingerprint density at radius 1 is 1.27 bits per heavy atom. The smallest absolute Gasteiger partial charge is 0.276 e. The average Bonchev–Trinajstić information content (AvgIpc) is 3.36. The van der Waals surface area contributed by atoms with Gasteiger partial charge in [0.25, 0.3) is 5.91 Å². The highest BCUT2D eigenvalue weighted by atomic mass is 16.3. The Balaban J connectivity index is 1.43. The maximum Gasteiger partial charge on any atom is 0.276 e. The number of rotatable bonds is 5. The van der Waals surface area contributed by atoms with Gasteiger partial charge in [-0.1, -0.05) is 29.8 Å². The van der Waals surface area contributed by atoms with Crippen molar-refractivity contribution in [2.45, 2.75) is 13.5 Å². The molecular weight excluding hydrogens is 330 g/mol. The molecule has 2 N–H and O–H groups in total. The van der Waals surface area contributed by atoms with Crippen LogP contribution < -0.4 is 5.32 Å². The van der Waals surface area contributed by atoms with E-state index >= 15 is 0 Å². The summed E-state index contributed by atoms with van der Waals surface area (Å²) in [4.78, 5) is 12.3. The number of nitrogens with one attached hydrogen (secondary N) is 2. The van der Waals surface area contributed by atoms with Crippen molar-refractivity contribution in [3.63, 3.8) is 0 Å². The van der Waals surface area contributed by atoms with Crippen LogP contribution in [0.1, 0.15) is 21.6 Å². The fourth-order valence-corrected chi connectivity index (χ4v) is 2.70. The Labute approximate surface area is 149 Å². The first kappa shape index (κ1) is 15.9. The molecule has 3 aromatic heterocycles. The zero-order valence-corrected chi connectivity index (χ0v) is 14.1. The van der Waals surface area contributed by atoms with Crippen molar-refractivity contribution in [3.8, 4) is 11.5 Å². The van der Waals surface area contributed by atoms with Gasteiger partial charge in [0.15, 0.2) is 11.5 Å². The highest BCUT2D eigenvalue weighted by Crippen LogP contribution is 2.18. The van der Waals surface area contributed by atoms with Crippen LogP contribution in [-0.2, 0) is 6.54 Å². The lowest BCUT2D eigenvalue weighted by Gasteiger charge is -2.03. The van der Waals surface area contributed by atoms with E-state index in [0.29, 0.717) is 23.7 Å². The zero-order valence-electron chi connectivity index (χ0n) is 14.1. The number of anilines is 1. The number of hydrogen-bond donors (Lipinski definition) is 2. The Kier molecular flexibility index (Phi) is 4.10. The number of amides is 1. The second kappa shape index (κ2) is 6.72. The number of carbonyl (C=O) groups is 1. The summed E-state index contributed by atoms with van der Waals surface area (Å²) in [6, 6.07) is 13.4. The van der Waals surface area contributed by atoms with Crippen molar-refractivity contribution in [2.24, 2.45) is 0 Å². The predicted molar refractivity (Wildman–Crippen MR) is 96.8 cm³/mol. The summed E-state index contributed by atoms with van der Waals surface area (Å²) < 4.78 is 7.06. The van der Waals surface area contributed by atoms with Crippen LogP contribution in [0.2, 0.25) is 0 Å². The van der Waals surface area contributed by atoms with E-state index in [0.717, 1.165) is 5.56 Å². The summed E-state index contributed by atoms with van der Waals surface area (Å²) in [7, 11) is 0. The molecular formula is C19H17N5O2. The molecule has 0 atom stereocenters. The van der Waals surface area contributed by atoms with E-state index in [4.69, 9.17) is 4.42 Å². The molecule has 7 nitrogen and oxygen atoms in total. The van der Waals surface area contributed by atoms with E-state index < -0.39 is 0 Å². The average molecular weight is 347 g/mol. The van der Waals surface area contributed by atoms with Crippen molar-refractivity contribution >= 4 is 11.6 Å². The molecule has 0 bridgehead atoms. The number of hydrogen-bond acceptors (Lipinski definition) is 4. The molecule has 0 aliphatic carbocycles. The third-order valence-electron chi connectivity index (χ3n) is 3.92. The predicted octanol–water partition coefficient (Wildman–Crippen LogP) is 3.48. The normalized spacial score (nSPS) is 10.8. The van der Waals surface area contributed by atoms with Gasteiger partial charge in [0, 0.05) is 12.3 Å². The maximum absolute atomic E-state index is 12.3. The molecule has 26 heavy (non-hydrogen) atoms. The first-order valence-corrected chi connectivity index (χ1v) is 8.16. The van der Waals surface area contributed by atoms with Crippen LogP contribution in [0.25, 0.3) is 11.5 Å². The molecule has 1 amide bonds. The number of aromatic amines is 1. The molecule has 7 heteroatoms. The first-order chi connectivity index (χ1) is 12.7. The number of aromatic nitrogens is 4. The molecule has 3 heterocycles. The van der Waals surface area contributed by atoms with Crippen molar-refractivity contribution in [3.05, 3.63) is 77.9 Å². The van der Waals surface area contributed by atoms with Gasteiger partial charge in [-0.15, -0.1) is 0 Å². The van der Waals surface area contributed by atoms with Crippen LogP contribution in [0.5, 0.6) is 0 Å². The number of aryl methyl sites for hydroxylation is 1. The molecule has 1 aromatic carbocycles. The van der Waals surface area contributed by atoms with Crippen LogP contribution >= 0.6 is 0 Å². The molecule has 0 aliphatic heterocycles. The molecule has 0 saturated heterocycles. The lowest BCUT2D eigenvalue weighted by Crippen LogP contribution is -2.11. The van der Waals surface area contributed by atoms with Crippen molar-refractivity contribution in [1.29, 1.82) is 0 Å². The lowest BCUT2D eigenvalue weighted by molar-refractivity contribution is 0.102. The number of benzene rings is 1. The third-order valence-corrected chi connectivity index (χ3v) is 3.92. The van der Waals surface area contributed by atoms with Gasteiger partial charge in [-0.3, -0.25) is 14.6 Å². The van der Waals surface area contributed by atoms with Crippen molar-refractivity contribution in [1.82, 2.24) is 20.0 Å². The topological polar surface area (TPSA) is 88.7 Å². The molecule has 4 aromatic rings. The van der Waals surface area contributed by atoms with Crippen LogP contribution in [-0.4, -0.2) is 25.9 Å². The Morgan fingerprint density at radius 3 is 3.00 bits per heavy atom. The van der Waals surface area contributed by atoms with Gasteiger partial charge in [0.2, 0.25) is 0 Å². The molecule has 0 saturated carbocycles. The molecule has 0 fully saturated rings. The lowest BCUT2D eigenvalue weighted by atomic mass is 10.1. The third kappa shape index (κ3) is 3.41. The van der Waals surface area contributed by atoms with Crippen molar-refractivity contribution < 1.29 is 9.21 Å². The Morgan fingerprint density at radius 2 is 2.19 bits per heavy atom. The highest BCUT2D eigenvalue weighted by molar-refractivity contribution is 6.03. The molecule has 0 radical (unpaired) electrons. The fourth-order valence-electron chi connectivity index (χ4n) is 2.70. The summed E-state index contributed by atoms with van der Waals surface area (Å²) in [6.07, 6.45) is 4.98. The number of H-pyrrole nitrogens is 1. The maximum atomic E-state index is 12.3. The Hall–Kier alpha value is -3.61. The minimum absolute atomic E-state index is 0.280. The number of nitrogens with zero attached hydrogens (tertiary/aromatic N) is 3. The second-order valence-corrected chi connectivity index (χ2v) is 6.01. The minimum atomic E-state index is -0.311. The van der Waals surface area contributed by atoms with Gasteiger partial charge >= 0.3 is 0 Å². The van der Waals surface area contributed by atoms with E-state index in [-0.39, 0.29) is 11.6 Å². The number of furan rings is 1. The monoisotopic (exact) mass is 347 g/mol. The summed E-state index contributed by atoms with van der Waals surface area (Å²) in [5, 5.41) is 13.9. The fraction of sp³-hybridized carbons (Fsp3) is 0.105. The zero-order chi connectivity index (χ0) is 17.9. The summed E-state index contributed by atoms with van der Waals surface area (Å²) in [5.74, 6) is 0.316. The van der Waals surface area contributed by atoms with Gasteiger partial charge in [0.1, 0.15) is 5.69 Å². The highest BCUT2D eigenvalue weighted by Gasteiger charge is 2.13. The van der Waals surface area contributed by atoms with E-state index in [1.807, 2.05) is 12.1 Å². The first-order valence-electron chi connectivity index (χ1n) is 8.16. The molecule has 0 spiro atoms. The standard InChI is InChI=1S/C19H17N5O2/c1-13-4-2-5-14(8-13)11-24-12-15(10-20-24)21-19(25)17-9-16(22-23-17)18-6-3-7-26-18/h2-10,12H,11H2,1H3,(H,21,25)(H,22,23). The van der Waals surface area contributed by atoms with Gasteiger partial charge < -0.3 is 9.73 Å². The molecule has 130 valence electrons. The SMILES string of the molecule is Cc1cccc(Cn2cc(NC(=O)c3cc(-c4ccco4)[nH]n3)cn2)c1. The van der Waals surface area contributed by atoms with Crippen LogP contribution in [0, 0.1) is 6.92 Å². The Bertz CT molecular complexity index is 1030. The molecule has 4 rings (SSSR count). The van der Waals surface area contributed by atoms with E-state index in [1.165, 1.54) is 5.56 Å². The second-order valence-electron chi connectivity index (χ2n) is 6.01. The summed E-state index contributed by atoms with van der Waals surface area (Å²) in [6.45, 7) is 2.70. The van der Waals surface area contributed by atoms with Gasteiger partial charge in [-0.05, 0) is 24.6 Å². The largest absolute Gasteiger partial charge is 0.463 e. The summed E-state index contributed by atoms with van der Waals surface area (Å²) >= 11 is 0. The van der Waals surface area contributed by atoms with E-state index in [9.17, 15) is 4.79 Å². The van der Waals surface area contributed by atoms with Crippen LogP contribution in [0.3, 0.4) is 0 Å².